The van der Waals surface area contributed by atoms with Crippen LogP contribution in [0.2, 0.25) is 0 Å². The van der Waals surface area contributed by atoms with E-state index in [2.05, 4.69) is 13.8 Å². The Kier molecular flexibility index (Phi) is 1.71. The zero-order valence-electron chi connectivity index (χ0n) is 7.60. The van der Waals surface area contributed by atoms with Crippen LogP contribution in [0, 0.1) is 11.3 Å². The molecule has 2 rings (SSSR count). The van der Waals surface area contributed by atoms with Gasteiger partial charge in [0.1, 0.15) is 0 Å². The van der Waals surface area contributed by atoms with Gasteiger partial charge in [-0.3, -0.25) is 0 Å². The van der Waals surface area contributed by atoms with Gasteiger partial charge in [0, 0.05) is 6.61 Å². The third kappa shape index (κ3) is 1.20. The van der Waals surface area contributed by atoms with Crippen molar-refractivity contribution >= 4 is 0 Å². The van der Waals surface area contributed by atoms with Crippen LogP contribution in [0.5, 0.6) is 0 Å². The van der Waals surface area contributed by atoms with Crippen molar-refractivity contribution in [1.82, 2.24) is 0 Å². The second kappa shape index (κ2) is 2.48. The van der Waals surface area contributed by atoms with Gasteiger partial charge in [-0.05, 0) is 30.6 Å². The van der Waals surface area contributed by atoms with E-state index in [9.17, 15) is 0 Å². The van der Waals surface area contributed by atoms with Gasteiger partial charge >= 0.3 is 0 Å². The van der Waals surface area contributed by atoms with Crippen LogP contribution in [-0.2, 0) is 4.74 Å². The number of fused-ring (bicyclic) bond motifs is 1. The van der Waals surface area contributed by atoms with Crippen LogP contribution in [0.4, 0.5) is 0 Å². The van der Waals surface area contributed by atoms with Crippen molar-refractivity contribution in [2.24, 2.45) is 11.3 Å². The maximum absolute atomic E-state index is 5.77. The Morgan fingerprint density at radius 3 is 2.82 bits per heavy atom. The predicted octanol–water partition coefficient (Wildman–Crippen LogP) is 2.60. The van der Waals surface area contributed by atoms with E-state index in [-0.39, 0.29) is 0 Å². The van der Waals surface area contributed by atoms with Crippen LogP contribution in [0.3, 0.4) is 0 Å². The monoisotopic (exact) mass is 154 g/mol. The predicted molar refractivity (Wildman–Crippen MR) is 45.5 cm³/mol. The summed E-state index contributed by atoms with van der Waals surface area (Å²) in [6, 6.07) is 0. The summed E-state index contributed by atoms with van der Waals surface area (Å²) in [5.41, 5.74) is 0.458. The highest BCUT2D eigenvalue weighted by Gasteiger charge is 2.42. The summed E-state index contributed by atoms with van der Waals surface area (Å²) in [5, 5.41) is 0. The molecule has 2 fully saturated rings. The van der Waals surface area contributed by atoms with E-state index in [0.717, 1.165) is 12.5 Å². The molecule has 2 atom stereocenters. The first-order valence-corrected chi connectivity index (χ1v) is 4.82. The van der Waals surface area contributed by atoms with E-state index >= 15 is 0 Å². The van der Waals surface area contributed by atoms with Gasteiger partial charge in [0.15, 0.2) is 0 Å². The van der Waals surface area contributed by atoms with E-state index in [0.29, 0.717) is 11.5 Å². The Hall–Kier alpha value is -0.0400. The molecule has 0 amide bonds. The summed E-state index contributed by atoms with van der Waals surface area (Å²) in [6.45, 7) is 5.73. The van der Waals surface area contributed by atoms with Gasteiger partial charge in [0.05, 0.1) is 6.10 Å². The van der Waals surface area contributed by atoms with Crippen molar-refractivity contribution in [2.45, 2.75) is 45.6 Å². The standard InChI is InChI=1S/C10H18O/c1-10(2)6-3-4-8-5-7-11-9(8)10/h8-9H,3-7H2,1-2H3. The highest BCUT2D eigenvalue weighted by Crippen LogP contribution is 2.45. The van der Waals surface area contributed by atoms with Gasteiger partial charge in [0.2, 0.25) is 0 Å². The molecule has 0 aromatic rings. The molecule has 1 aliphatic heterocycles. The quantitative estimate of drug-likeness (QED) is 0.521. The summed E-state index contributed by atoms with van der Waals surface area (Å²) in [7, 11) is 0. The maximum atomic E-state index is 5.77. The van der Waals surface area contributed by atoms with Gasteiger partial charge in [-0.15, -0.1) is 0 Å². The summed E-state index contributed by atoms with van der Waals surface area (Å²) >= 11 is 0. The second-order valence-electron chi connectivity index (χ2n) is 4.72. The van der Waals surface area contributed by atoms with Gasteiger partial charge in [-0.2, -0.15) is 0 Å². The molecule has 2 aliphatic rings. The average molecular weight is 154 g/mol. The molecule has 0 aromatic heterocycles. The van der Waals surface area contributed by atoms with Gasteiger partial charge in [0.25, 0.3) is 0 Å². The largest absolute Gasteiger partial charge is 0.377 e. The minimum absolute atomic E-state index is 0.458. The van der Waals surface area contributed by atoms with E-state index in [1.807, 2.05) is 0 Å². The summed E-state index contributed by atoms with van der Waals surface area (Å²) in [5.74, 6) is 0.888. The lowest BCUT2D eigenvalue weighted by Crippen LogP contribution is -2.37. The number of hydrogen-bond acceptors (Lipinski definition) is 1. The Bertz CT molecular complexity index is 151. The van der Waals surface area contributed by atoms with Crippen molar-refractivity contribution in [2.75, 3.05) is 6.61 Å². The topological polar surface area (TPSA) is 9.23 Å². The lowest BCUT2D eigenvalue weighted by molar-refractivity contribution is -0.0274. The lowest BCUT2D eigenvalue weighted by atomic mass is 9.70. The van der Waals surface area contributed by atoms with E-state index < -0.39 is 0 Å². The fourth-order valence-corrected chi connectivity index (χ4v) is 2.76. The van der Waals surface area contributed by atoms with Gasteiger partial charge in [-0.1, -0.05) is 20.3 Å². The zero-order valence-corrected chi connectivity index (χ0v) is 7.60. The third-order valence-electron chi connectivity index (χ3n) is 3.38. The Balaban J connectivity index is 2.13. The molecule has 1 saturated carbocycles. The summed E-state index contributed by atoms with van der Waals surface area (Å²) < 4.78 is 5.77. The molecule has 1 nitrogen and oxygen atoms in total. The Morgan fingerprint density at radius 2 is 2.09 bits per heavy atom. The lowest BCUT2D eigenvalue weighted by Gasteiger charge is -2.39. The highest BCUT2D eigenvalue weighted by atomic mass is 16.5. The van der Waals surface area contributed by atoms with Crippen LogP contribution < -0.4 is 0 Å². The fourth-order valence-electron chi connectivity index (χ4n) is 2.76. The Morgan fingerprint density at radius 1 is 1.27 bits per heavy atom. The van der Waals surface area contributed by atoms with E-state index in [4.69, 9.17) is 4.74 Å². The van der Waals surface area contributed by atoms with Crippen LogP contribution in [0.15, 0.2) is 0 Å². The van der Waals surface area contributed by atoms with Crippen LogP contribution in [0.25, 0.3) is 0 Å². The first kappa shape index (κ1) is 7.60. The minimum atomic E-state index is 0.458. The molecule has 1 heteroatoms. The van der Waals surface area contributed by atoms with Crippen LogP contribution in [0.1, 0.15) is 39.5 Å². The fraction of sp³-hybridized carbons (Fsp3) is 1.00. The highest BCUT2D eigenvalue weighted by molar-refractivity contribution is 4.91. The minimum Gasteiger partial charge on any atom is -0.377 e. The molecule has 0 radical (unpaired) electrons. The molecular formula is C10H18O. The smallest absolute Gasteiger partial charge is 0.0654 e. The molecule has 64 valence electrons. The third-order valence-corrected chi connectivity index (χ3v) is 3.38. The molecule has 0 bridgehead atoms. The molecule has 1 saturated heterocycles. The van der Waals surface area contributed by atoms with Crippen molar-refractivity contribution in [3.8, 4) is 0 Å². The summed E-state index contributed by atoms with van der Waals surface area (Å²) in [4.78, 5) is 0. The SMILES string of the molecule is CC1(C)CCCC2CCOC21. The van der Waals surface area contributed by atoms with E-state index in [1.54, 1.807) is 0 Å². The van der Waals surface area contributed by atoms with Crippen molar-refractivity contribution in [3.05, 3.63) is 0 Å². The molecular weight excluding hydrogens is 136 g/mol. The Labute approximate surface area is 69.1 Å². The number of rotatable bonds is 0. The maximum Gasteiger partial charge on any atom is 0.0654 e. The summed E-state index contributed by atoms with van der Waals surface area (Å²) in [6.07, 6.45) is 6.07. The first-order valence-electron chi connectivity index (χ1n) is 4.82. The molecule has 0 aromatic carbocycles. The van der Waals surface area contributed by atoms with Crippen LogP contribution in [-0.4, -0.2) is 12.7 Å². The molecule has 11 heavy (non-hydrogen) atoms. The molecule has 2 unspecified atom stereocenters. The van der Waals surface area contributed by atoms with Crippen LogP contribution >= 0.6 is 0 Å². The molecule has 1 heterocycles. The van der Waals surface area contributed by atoms with E-state index in [1.165, 1.54) is 25.7 Å². The van der Waals surface area contributed by atoms with Crippen molar-refractivity contribution in [1.29, 1.82) is 0 Å². The molecule has 1 aliphatic carbocycles. The average Bonchev–Trinajstić information content (AvgIpc) is 2.34. The molecule has 0 N–H and O–H groups in total. The zero-order chi connectivity index (χ0) is 7.90. The molecule has 0 spiro atoms. The van der Waals surface area contributed by atoms with Crippen molar-refractivity contribution < 1.29 is 4.74 Å². The van der Waals surface area contributed by atoms with Crippen molar-refractivity contribution in [3.63, 3.8) is 0 Å². The number of ether oxygens (including phenoxy) is 1. The second-order valence-corrected chi connectivity index (χ2v) is 4.72. The number of hydrogen-bond donors (Lipinski definition) is 0. The van der Waals surface area contributed by atoms with Gasteiger partial charge in [-0.25, -0.2) is 0 Å². The van der Waals surface area contributed by atoms with Gasteiger partial charge < -0.3 is 4.74 Å². The normalized spacial score (nSPS) is 42.0. The first-order chi connectivity index (χ1) is 5.20.